The average Bonchev–Trinajstić information content (AvgIpc) is 2.80. The first kappa shape index (κ1) is 19.2. The smallest absolute Gasteiger partial charge is 0.209 e. The van der Waals surface area contributed by atoms with Gasteiger partial charge in [0.1, 0.15) is 12.4 Å². The first-order valence-corrected chi connectivity index (χ1v) is 10.1. The van der Waals surface area contributed by atoms with Gasteiger partial charge in [0.2, 0.25) is 6.41 Å². The second-order valence-electron chi connectivity index (χ2n) is 7.38. The summed E-state index contributed by atoms with van der Waals surface area (Å²) in [6, 6.07) is 27.1. The fourth-order valence-electron chi connectivity index (χ4n) is 3.63. The predicted octanol–water partition coefficient (Wildman–Crippen LogP) is 4.21. The van der Waals surface area contributed by atoms with Crippen LogP contribution >= 0.6 is 0 Å². The van der Waals surface area contributed by atoms with Gasteiger partial charge in [-0.15, -0.1) is 0 Å². The maximum Gasteiger partial charge on any atom is 0.209 e. The second kappa shape index (κ2) is 9.39. The summed E-state index contributed by atoms with van der Waals surface area (Å²) in [6.45, 7) is 4.71. The van der Waals surface area contributed by atoms with Crippen LogP contribution in [0.5, 0.6) is 5.75 Å². The van der Waals surface area contributed by atoms with Crippen molar-refractivity contribution in [2.45, 2.75) is 13.2 Å². The predicted molar refractivity (Wildman–Crippen MR) is 116 cm³/mol. The van der Waals surface area contributed by atoms with Crippen LogP contribution in [0.3, 0.4) is 0 Å². The number of hydrogen-bond donors (Lipinski definition) is 0. The van der Waals surface area contributed by atoms with Crippen LogP contribution in [-0.2, 0) is 17.9 Å². The van der Waals surface area contributed by atoms with Crippen LogP contribution in [0.15, 0.2) is 78.9 Å². The van der Waals surface area contributed by atoms with Crippen LogP contribution in [0.4, 0.5) is 0 Å². The van der Waals surface area contributed by atoms with Crippen LogP contribution in [0.25, 0.3) is 11.1 Å². The van der Waals surface area contributed by atoms with Crippen molar-refractivity contribution in [2.24, 2.45) is 0 Å². The maximum atomic E-state index is 11.0. The summed E-state index contributed by atoms with van der Waals surface area (Å²) in [4.78, 5) is 15.2. The minimum Gasteiger partial charge on any atom is -0.489 e. The molecular weight excluding hydrogens is 360 g/mol. The first-order valence-electron chi connectivity index (χ1n) is 10.1. The molecule has 4 nitrogen and oxygen atoms in total. The molecule has 1 heterocycles. The molecule has 0 atom stereocenters. The van der Waals surface area contributed by atoms with Gasteiger partial charge in [0, 0.05) is 38.3 Å². The summed E-state index contributed by atoms with van der Waals surface area (Å²) in [7, 11) is 0. The Labute approximate surface area is 172 Å². The van der Waals surface area contributed by atoms with Crippen LogP contribution in [-0.4, -0.2) is 42.4 Å². The number of piperazine rings is 1. The normalized spacial score (nSPS) is 14.6. The van der Waals surface area contributed by atoms with Gasteiger partial charge in [-0.05, 0) is 22.8 Å². The van der Waals surface area contributed by atoms with Gasteiger partial charge in [0.15, 0.2) is 0 Å². The molecule has 4 heteroatoms. The molecule has 0 aliphatic carbocycles. The van der Waals surface area contributed by atoms with Crippen molar-refractivity contribution in [1.29, 1.82) is 0 Å². The molecule has 1 amide bonds. The van der Waals surface area contributed by atoms with E-state index in [1.807, 2.05) is 29.2 Å². The lowest BCUT2D eigenvalue weighted by atomic mass is 10.0. The summed E-state index contributed by atoms with van der Waals surface area (Å²) in [5.41, 5.74) is 4.68. The van der Waals surface area contributed by atoms with E-state index < -0.39 is 0 Å². The molecule has 0 spiro atoms. The van der Waals surface area contributed by atoms with E-state index in [2.05, 4.69) is 59.5 Å². The lowest BCUT2D eigenvalue weighted by Gasteiger charge is -2.32. The topological polar surface area (TPSA) is 32.8 Å². The van der Waals surface area contributed by atoms with Crippen molar-refractivity contribution in [3.05, 3.63) is 90.0 Å². The van der Waals surface area contributed by atoms with Gasteiger partial charge in [-0.25, -0.2) is 0 Å². The Balaban J connectivity index is 1.54. The molecule has 0 bridgehead atoms. The molecule has 3 aromatic rings. The Bertz CT molecular complexity index is 920. The number of nitrogens with zero attached hydrogens (tertiary/aromatic N) is 2. The first-order chi connectivity index (χ1) is 14.3. The van der Waals surface area contributed by atoms with Gasteiger partial charge in [0.25, 0.3) is 0 Å². The monoisotopic (exact) mass is 386 g/mol. The zero-order valence-electron chi connectivity index (χ0n) is 16.5. The highest BCUT2D eigenvalue weighted by Gasteiger charge is 2.17. The van der Waals surface area contributed by atoms with Gasteiger partial charge >= 0.3 is 0 Å². The molecule has 1 saturated heterocycles. The van der Waals surface area contributed by atoms with Gasteiger partial charge in [-0.2, -0.15) is 0 Å². The molecule has 0 unspecified atom stereocenters. The largest absolute Gasteiger partial charge is 0.489 e. The zero-order valence-corrected chi connectivity index (χ0v) is 16.5. The lowest BCUT2D eigenvalue weighted by molar-refractivity contribution is -0.119. The number of carbonyl (C=O) groups excluding carboxylic acids is 1. The van der Waals surface area contributed by atoms with E-state index in [9.17, 15) is 4.79 Å². The standard InChI is InChI=1S/C25H26N2O2/c28-20-27-15-13-26(14-16-27)18-24-12-11-23(22-9-5-2-6-10-22)17-25(24)29-19-21-7-3-1-4-8-21/h1-12,17,20H,13-16,18-19H2. The average molecular weight is 386 g/mol. The lowest BCUT2D eigenvalue weighted by Crippen LogP contribution is -2.45. The highest BCUT2D eigenvalue weighted by Crippen LogP contribution is 2.29. The summed E-state index contributed by atoms with van der Waals surface area (Å²) in [5.74, 6) is 0.924. The highest BCUT2D eigenvalue weighted by atomic mass is 16.5. The fraction of sp³-hybridized carbons (Fsp3) is 0.240. The van der Waals surface area contributed by atoms with E-state index in [0.717, 1.165) is 56.0 Å². The van der Waals surface area contributed by atoms with E-state index in [0.29, 0.717) is 6.61 Å². The van der Waals surface area contributed by atoms with E-state index in [-0.39, 0.29) is 0 Å². The van der Waals surface area contributed by atoms with Crippen LogP contribution in [0.2, 0.25) is 0 Å². The second-order valence-corrected chi connectivity index (χ2v) is 7.38. The summed E-state index contributed by atoms with van der Waals surface area (Å²) < 4.78 is 6.28. The number of ether oxygens (including phenoxy) is 1. The Morgan fingerprint density at radius 2 is 1.48 bits per heavy atom. The van der Waals surface area contributed by atoms with E-state index in [1.54, 1.807) is 0 Å². The number of amides is 1. The minimum absolute atomic E-state index is 0.547. The molecule has 1 fully saturated rings. The van der Waals surface area contributed by atoms with Gasteiger partial charge in [-0.3, -0.25) is 9.69 Å². The fourth-order valence-corrected chi connectivity index (χ4v) is 3.63. The van der Waals surface area contributed by atoms with E-state index >= 15 is 0 Å². The molecule has 148 valence electrons. The molecule has 0 N–H and O–H groups in total. The molecule has 0 radical (unpaired) electrons. The van der Waals surface area contributed by atoms with Gasteiger partial charge < -0.3 is 9.64 Å². The maximum absolute atomic E-state index is 11.0. The number of benzene rings is 3. The van der Waals surface area contributed by atoms with Crippen LogP contribution in [0.1, 0.15) is 11.1 Å². The van der Waals surface area contributed by atoms with Crippen molar-refractivity contribution in [3.8, 4) is 16.9 Å². The molecule has 1 aliphatic heterocycles. The van der Waals surface area contributed by atoms with Crippen molar-refractivity contribution < 1.29 is 9.53 Å². The third-order valence-electron chi connectivity index (χ3n) is 5.36. The zero-order chi connectivity index (χ0) is 19.9. The van der Waals surface area contributed by atoms with E-state index in [1.165, 1.54) is 11.1 Å². The molecule has 3 aromatic carbocycles. The van der Waals surface area contributed by atoms with Gasteiger partial charge in [-0.1, -0.05) is 72.8 Å². The number of hydrogen-bond acceptors (Lipinski definition) is 3. The molecule has 29 heavy (non-hydrogen) atoms. The summed E-state index contributed by atoms with van der Waals surface area (Å²) in [6.07, 6.45) is 0.945. The Morgan fingerprint density at radius 3 is 2.17 bits per heavy atom. The van der Waals surface area contributed by atoms with Crippen LogP contribution < -0.4 is 4.74 Å². The third kappa shape index (κ3) is 5.04. The minimum atomic E-state index is 0.547. The highest BCUT2D eigenvalue weighted by molar-refractivity contribution is 5.66. The molecule has 1 aliphatic rings. The Kier molecular flexibility index (Phi) is 6.22. The number of rotatable bonds is 7. The van der Waals surface area contributed by atoms with Crippen molar-refractivity contribution in [2.75, 3.05) is 26.2 Å². The van der Waals surface area contributed by atoms with Crippen molar-refractivity contribution in [3.63, 3.8) is 0 Å². The molecule has 0 aromatic heterocycles. The quantitative estimate of drug-likeness (QED) is 0.571. The van der Waals surface area contributed by atoms with Crippen LogP contribution in [0, 0.1) is 0 Å². The van der Waals surface area contributed by atoms with E-state index in [4.69, 9.17) is 4.74 Å². The Morgan fingerprint density at radius 1 is 0.793 bits per heavy atom. The number of carbonyl (C=O) groups is 1. The summed E-state index contributed by atoms with van der Waals surface area (Å²) in [5, 5.41) is 0. The molecule has 0 saturated carbocycles. The summed E-state index contributed by atoms with van der Waals surface area (Å²) >= 11 is 0. The van der Waals surface area contributed by atoms with Crippen molar-refractivity contribution in [1.82, 2.24) is 9.80 Å². The van der Waals surface area contributed by atoms with Crippen molar-refractivity contribution >= 4 is 6.41 Å². The SMILES string of the molecule is O=CN1CCN(Cc2ccc(-c3ccccc3)cc2OCc2ccccc2)CC1. The molecule has 4 rings (SSSR count). The Hall–Kier alpha value is -3.11. The molecular formula is C25H26N2O2. The third-order valence-corrected chi connectivity index (χ3v) is 5.36. The van der Waals surface area contributed by atoms with Gasteiger partial charge in [0.05, 0.1) is 0 Å².